The zero-order chi connectivity index (χ0) is 6.85. The summed E-state index contributed by atoms with van der Waals surface area (Å²) in [7, 11) is 0. The van der Waals surface area contributed by atoms with E-state index >= 15 is 0 Å². The quantitative estimate of drug-likeness (QED) is 0.664. The van der Waals surface area contributed by atoms with Crippen molar-refractivity contribution in [1.29, 1.82) is 0 Å². The van der Waals surface area contributed by atoms with Crippen LogP contribution < -0.4 is 0 Å². The van der Waals surface area contributed by atoms with Gasteiger partial charge in [0.25, 0.3) is 0 Å². The minimum atomic E-state index is -2.21. The molecule has 0 saturated carbocycles. The summed E-state index contributed by atoms with van der Waals surface area (Å²) in [5, 5.41) is 0. The van der Waals surface area contributed by atoms with Crippen LogP contribution in [-0.4, -0.2) is 18.1 Å². The van der Waals surface area contributed by atoms with Crippen LogP contribution >= 0.6 is 11.5 Å². The Bertz CT molecular complexity index is 238. The van der Waals surface area contributed by atoms with Gasteiger partial charge in [-0.15, -0.1) is 0 Å². The minimum Gasteiger partial charge on any atom is -0.767 e. The molecular weight excluding hydrogens is 249 g/mol. The number of aryl methyl sites for hydroxylation is 1. The van der Waals surface area contributed by atoms with Gasteiger partial charge in [-0.25, -0.2) is 4.98 Å². The topological polar surface area (TPSA) is 65.9 Å². The first kappa shape index (κ1) is 10.8. The molecule has 0 saturated heterocycles. The first-order chi connectivity index (χ1) is 4.20. The zero-order valence-corrected chi connectivity index (χ0v) is 9.58. The van der Waals surface area contributed by atoms with E-state index in [-0.39, 0.29) is 37.0 Å². The van der Waals surface area contributed by atoms with Gasteiger partial charge in [0, 0.05) is 11.1 Å². The van der Waals surface area contributed by atoms with Crippen LogP contribution in [0, 0.1) is 6.92 Å². The Morgan fingerprint density at radius 3 is 2.50 bits per heavy atom. The van der Waals surface area contributed by atoms with Gasteiger partial charge in [0.2, 0.25) is 0 Å². The molecule has 4 nitrogen and oxygen atoms in total. The maximum absolute atomic E-state index is 10.1. The number of hydrogen-bond acceptors (Lipinski definition) is 5. The Morgan fingerprint density at radius 1 is 1.70 bits per heavy atom. The summed E-state index contributed by atoms with van der Waals surface area (Å²) in [5.74, 6) is 0.499. The molecule has 1 aromatic rings. The van der Waals surface area contributed by atoms with E-state index in [9.17, 15) is 8.76 Å². The van der Waals surface area contributed by atoms with Crippen LogP contribution in [0.1, 0.15) is 5.82 Å². The Balaban J connectivity index is 0.000000810. The fourth-order valence-electron chi connectivity index (χ4n) is 0.346. The molecule has 1 atom stereocenters. The summed E-state index contributed by atoms with van der Waals surface area (Å²) in [4.78, 5) is 3.60. The predicted molar refractivity (Wildman–Crippen MR) is 31.8 cm³/mol. The van der Waals surface area contributed by atoms with Gasteiger partial charge in [-0.2, -0.15) is 4.37 Å². The van der Waals surface area contributed by atoms with Gasteiger partial charge in [0.15, 0.2) is 4.34 Å². The van der Waals surface area contributed by atoms with Crippen LogP contribution in [-0.2, 0) is 43.8 Å². The Morgan fingerprint density at radius 2 is 2.30 bits per heavy atom. The SMILES string of the molecule is Cc1nsc(S(=O)[O-])n1.[Y+3]. The van der Waals surface area contributed by atoms with E-state index in [2.05, 4.69) is 9.36 Å². The van der Waals surface area contributed by atoms with Crippen LogP contribution in [0.4, 0.5) is 0 Å². The van der Waals surface area contributed by atoms with E-state index in [1.54, 1.807) is 6.92 Å². The van der Waals surface area contributed by atoms with Crippen LogP contribution in [0.2, 0.25) is 0 Å². The molecule has 7 heteroatoms. The summed E-state index contributed by atoms with van der Waals surface area (Å²) >= 11 is -1.33. The maximum Gasteiger partial charge on any atom is 3.00 e. The fourth-order valence-corrected chi connectivity index (χ4v) is 1.33. The van der Waals surface area contributed by atoms with Crippen LogP contribution in [0.25, 0.3) is 0 Å². The third kappa shape index (κ3) is 2.79. The van der Waals surface area contributed by atoms with Crippen molar-refractivity contribution >= 4 is 22.6 Å². The maximum atomic E-state index is 10.1. The molecule has 0 spiro atoms. The molecule has 10 heavy (non-hydrogen) atoms. The number of aromatic nitrogens is 2. The van der Waals surface area contributed by atoms with Crippen molar-refractivity contribution in [2.24, 2.45) is 0 Å². The molecule has 0 N–H and O–H groups in total. The zero-order valence-electron chi connectivity index (χ0n) is 5.10. The molecular formula is C3H3N2O2S2Y+2. The molecule has 1 rings (SSSR count). The normalized spacial score (nSPS) is 12.2. The molecule has 1 unspecified atom stereocenters. The summed E-state index contributed by atoms with van der Waals surface area (Å²) in [6.07, 6.45) is 0. The molecule has 0 aromatic carbocycles. The predicted octanol–water partition coefficient (Wildman–Crippen LogP) is 0.0820. The van der Waals surface area contributed by atoms with Gasteiger partial charge in [-0.3, -0.25) is 4.21 Å². The molecule has 0 fully saturated rings. The summed E-state index contributed by atoms with van der Waals surface area (Å²) in [6.45, 7) is 1.65. The summed E-state index contributed by atoms with van der Waals surface area (Å²) in [5.41, 5.74) is 0. The van der Waals surface area contributed by atoms with Crippen molar-refractivity contribution < 1.29 is 41.5 Å². The van der Waals surface area contributed by atoms with E-state index in [0.29, 0.717) is 5.82 Å². The van der Waals surface area contributed by atoms with Crippen LogP contribution in [0.5, 0.6) is 0 Å². The summed E-state index contributed by atoms with van der Waals surface area (Å²) < 4.78 is 24.0. The van der Waals surface area contributed by atoms with E-state index in [1.165, 1.54) is 0 Å². The molecule has 0 aliphatic heterocycles. The third-order valence-corrected chi connectivity index (χ3v) is 2.26. The van der Waals surface area contributed by atoms with Crippen molar-refractivity contribution in [2.75, 3.05) is 0 Å². The van der Waals surface area contributed by atoms with Gasteiger partial charge in [0.05, 0.1) is 0 Å². The third-order valence-electron chi connectivity index (χ3n) is 0.652. The first-order valence-corrected chi connectivity index (χ1v) is 3.94. The standard InChI is InChI=1S/C3H4N2O2S2.Y/c1-2-4-3(8-5-2)9(6)7;/h1H3,(H,6,7);/q;+3/p-1. The van der Waals surface area contributed by atoms with E-state index in [4.69, 9.17) is 0 Å². The number of rotatable bonds is 1. The molecule has 1 aromatic heterocycles. The minimum absolute atomic E-state index is 0. The van der Waals surface area contributed by atoms with Crippen molar-refractivity contribution in [3.05, 3.63) is 5.82 Å². The summed E-state index contributed by atoms with van der Waals surface area (Å²) in [6, 6.07) is 0. The van der Waals surface area contributed by atoms with Crippen molar-refractivity contribution in [3.8, 4) is 0 Å². The number of hydrogen-bond donors (Lipinski definition) is 0. The van der Waals surface area contributed by atoms with Crippen molar-refractivity contribution in [1.82, 2.24) is 9.36 Å². The van der Waals surface area contributed by atoms with E-state index in [0.717, 1.165) is 11.5 Å². The molecule has 1 heterocycles. The first-order valence-electron chi connectivity index (χ1n) is 2.09. The smallest absolute Gasteiger partial charge is 0.767 e. The molecule has 0 aliphatic carbocycles. The Kier molecular flexibility index (Phi) is 4.97. The Labute approximate surface area is 89.8 Å². The van der Waals surface area contributed by atoms with E-state index in [1.807, 2.05) is 0 Å². The second kappa shape index (κ2) is 4.61. The molecule has 0 bridgehead atoms. The van der Waals surface area contributed by atoms with Gasteiger partial charge in [-0.05, 0) is 18.5 Å². The van der Waals surface area contributed by atoms with Crippen LogP contribution in [0.3, 0.4) is 0 Å². The largest absolute Gasteiger partial charge is 3.00 e. The fraction of sp³-hybridized carbons (Fsp3) is 0.333. The molecule has 0 amide bonds. The van der Waals surface area contributed by atoms with Gasteiger partial charge >= 0.3 is 32.7 Å². The van der Waals surface area contributed by atoms with Crippen molar-refractivity contribution in [3.63, 3.8) is 0 Å². The Hall–Kier alpha value is 0.774. The van der Waals surface area contributed by atoms with Gasteiger partial charge < -0.3 is 4.55 Å². The van der Waals surface area contributed by atoms with Crippen LogP contribution in [0.15, 0.2) is 4.34 Å². The molecule has 50 valence electrons. The average molecular weight is 252 g/mol. The monoisotopic (exact) mass is 252 g/mol. The second-order valence-electron chi connectivity index (χ2n) is 1.34. The van der Waals surface area contributed by atoms with Gasteiger partial charge in [0.1, 0.15) is 5.82 Å². The molecule has 0 aliphatic rings. The molecule has 0 radical (unpaired) electrons. The van der Waals surface area contributed by atoms with Crippen molar-refractivity contribution in [2.45, 2.75) is 11.3 Å². The second-order valence-corrected chi connectivity index (χ2v) is 3.21. The van der Waals surface area contributed by atoms with E-state index < -0.39 is 11.1 Å². The van der Waals surface area contributed by atoms with Gasteiger partial charge in [-0.1, -0.05) is 0 Å². The average Bonchev–Trinajstić information content (AvgIpc) is 2.14. The number of nitrogens with zero attached hydrogens (tertiary/aromatic N) is 2.